The van der Waals surface area contributed by atoms with Gasteiger partial charge in [-0.15, -0.1) is 0 Å². The summed E-state index contributed by atoms with van der Waals surface area (Å²) in [6.07, 6.45) is 4.14. The third-order valence-corrected chi connectivity index (χ3v) is 5.77. The Morgan fingerprint density at radius 3 is 2.76 bits per heavy atom. The van der Waals surface area contributed by atoms with Crippen molar-refractivity contribution in [2.24, 2.45) is 17.3 Å². The molecule has 3 rings (SSSR count). The fraction of sp³-hybridized carbons (Fsp3) is 0.571. The summed E-state index contributed by atoms with van der Waals surface area (Å²) in [6, 6.07) is 3.89. The Morgan fingerprint density at radius 2 is 2.10 bits per heavy atom. The van der Waals surface area contributed by atoms with Gasteiger partial charge in [0.25, 0.3) is 0 Å². The van der Waals surface area contributed by atoms with Crippen molar-refractivity contribution in [3.05, 3.63) is 18.6 Å². The number of likely N-dealkylation sites (N-methyl/N-ethyl adjacent to an activating group) is 1. The van der Waals surface area contributed by atoms with E-state index in [1.54, 1.807) is 25.7 Å². The molecule has 0 bridgehead atoms. The maximum atomic E-state index is 13.0. The summed E-state index contributed by atoms with van der Waals surface area (Å²) in [5.41, 5.74) is 0.0227. The number of nitrogens with zero attached hydrogens (tertiary/aromatic N) is 5. The largest absolute Gasteiger partial charge is 0.354 e. The van der Waals surface area contributed by atoms with E-state index in [9.17, 15) is 14.9 Å². The first-order valence-electron chi connectivity index (χ1n) is 9.88. The van der Waals surface area contributed by atoms with Crippen LogP contribution in [-0.2, 0) is 9.59 Å². The van der Waals surface area contributed by atoms with Crippen molar-refractivity contribution in [1.29, 1.82) is 5.26 Å². The second-order valence-corrected chi connectivity index (χ2v) is 8.84. The summed E-state index contributed by atoms with van der Waals surface area (Å²) in [4.78, 5) is 41.2. The van der Waals surface area contributed by atoms with E-state index in [-0.39, 0.29) is 11.8 Å². The van der Waals surface area contributed by atoms with Gasteiger partial charge in [0.2, 0.25) is 5.91 Å². The van der Waals surface area contributed by atoms with Crippen molar-refractivity contribution in [2.75, 3.05) is 25.0 Å². The van der Waals surface area contributed by atoms with Crippen molar-refractivity contribution in [1.82, 2.24) is 19.9 Å². The first kappa shape index (κ1) is 20.8. The predicted molar refractivity (Wildman–Crippen MR) is 110 cm³/mol. The number of aromatic amines is 1. The Hall–Kier alpha value is -2.95. The molecule has 2 aromatic rings. The quantitative estimate of drug-likeness (QED) is 0.796. The van der Waals surface area contributed by atoms with Crippen LogP contribution in [0.2, 0.25) is 0 Å². The van der Waals surface area contributed by atoms with Gasteiger partial charge < -0.3 is 14.8 Å². The van der Waals surface area contributed by atoms with E-state index >= 15 is 0 Å². The Balaban J connectivity index is 1.83. The number of rotatable bonds is 4. The van der Waals surface area contributed by atoms with E-state index < -0.39 is 17.2 Å². The van der Waals surface area contributed by atoms with Gasteiger partial charge in [-0.25, -0.2) is 9.97 Å². The number of nitrogens with one attached hydrogen (secondary N) is 1. The lowest BCUT2D eigenvalue weighted by atomic mass is 9.82. The SMILES string of the molecule is C[C@@H]1CCN(C(=O)C(C#N)C(=O)C(C)(C)C)C[C@@H]1N(C)c1ncnc2[nH]ccc12. The minimum absolute atomic E-state index is 0.0183. The van der Waals surface area contributed by atoms with Crippen LogP contribution in [0.3, 0.4) is 0 Å². The molecule has 3 heterocycles. The lowest BCUT2D eigenvalue weighted by Gasteiger charge is -2.42. The van der Waals surface area contributed by atoms with Gasteiger partial charge in [0, 0.05) is 31.7 Å². The van der Waals surface area contributed by atoms with Crippen LogP contribution in [0.4, 0.5) is 5.82 Å². The molecule has 0 aliphatic carbocycles. The molecule has 0 radical (unpaired) electrons. The number of anilines is 1. The minimum Gasteiger partial charge on any atom is -0.354 e. The zero-order valence-corrected chi connectivity index (χ0v) is 17.6. The summed E-state index contributed by atoms with van der Waals surface area (Å²) >= 11 is 0. The highest BCUT2D eigenvalue weighted by Gasteiger charge is 2.40. The smallest absolute Gasteiger partial charge is 0.247 e. The Morgan fingerprint density at radius 1 is 1.38 bits per heavy atom. The molecule has 0 aromatic carbocycles. The number of Topliss-reactive ketones (excluding diaryl/α,β-unsaturated/α-hetero) is 1. The molecule has 1 N–H and O–H groups in total. The molecule has 1 fully saturated rings. The van der Waals surface area contributed by atoms with Crippen LogP contribution in [0.5, 0.6) is 0 Å². The van der Waals surface area contributed by atoms with Crippen molar-refractivity contribution in [3.8, 4) is 6.07 Å². The Labute approximate surface area is 170 Å². The monoisotopic (exact) mass is 396 g/mol. The molecule has 0 spiro atoms. The molecule has 8 nitrogen and oxygen atoms in total. The average Bonchev–Trinajstić information content (AvgIpc) is 3.16. The summed E-state index contributed by atoms with van der Waals surface area (Å²) in [5, 5.41) is 10.4. The van der Waals surface area contributed by atoms with Gasteiger partial charge in [0.15, 0.2) is 11.7 Å². The molecule has 1 saturated heterocycles. The van der Waals surface area contributed by atoms with E-state index in [2.05, 4.69) is 26.8 Å². The van der Waals surface area contributed by atoms with Gasteiger partial charge in [-0.05, 0) is 18.4 Å². The number of nitriles is 1. The highest BCUT2D eigenvalue weighted by molar-refractivity contribution is 6.06. The number of ketones is 1. The maximum absolute atomic E-state index is 13.0. The number of likely N-dealkylation sites (tertiary alicyclic amines) is 1. The molecule has 154 valence electrons. The molecule has 1 amide bonds. The van der Waals surface area contributed by atoms with Gasteiger partial charge in [0.1, 0.15) is 17.8 Å². The fourth-order valence-corrected chi connectivity index (χ4v) is 3.89. The minimum atomic E-state index is -1.26. The van der Waals surface area contributed by atoms with Crippen LogP contribution in [0.1, 0.15) is 34.1 Å². The van der Waals surface area contributed by atoms with E-state index in [0.29, 0.717) is 19.0 Å². The Bertz CT molecular complexity index is 954. The lowest BCUT2D eigenvalue weighted by Crippen LogP contribution is -2.55. The van der Waals surface area contributed by atoms with Crippen molar-refractivity contribution in [2.45, 2.75) is 40.2 Å². The zero-order valence-electron chi connectivity index (χ0n) is 17.6. The topological polar surface area (TPSA) is 106 Å². The second-order valence-electron chi connectivity index (χ2n) is 8.84. The van der Waals surface area contributed by atoms with E-state index in [4.69, 9.17) is 0 Å². The highest BCUT2D eigenvalue weighted by atomic mass is 16.2. The van der Waals surface area contributed by atoms with Crippen LogP contribution in [0.15, 0.2) is 18.6 Å². The average molecular weight is 396 g/mol. The molecule has 2 aromatic heterocycles. The molecular weight excluding hydrogens is 368 g/mol. The summed E-state index contributed by atoms with van der Waals surface area (Å²) < 4.78 is 0. The predicted octanol–water partition coefficient (Wildman–Crippen LogP) is 2.39. The number of hydrogen-bond acceptors (Lipinski definition) is 6. The molecule has 3 atom stereocenters. The highest BCUT2D eigenvalue weighted by Crippen LogP contribution is 2.30. The number of hydrogen-bond donors (Lipinski definition) is 1. The third kappa shape index (κ3) is 3.95. The number of amides is 1. The molecular formula is C21H28N6O2. The zero-order chi connectivity index (χ0) is 21.3. The van der Waals surface area contributed by atoms with Gasteiger partial charge in [-0.1, -0.05) is 27.7 Å². The Kier molecular flexibility index (Phi) is 5.60. The fourth-order valence-electron chi connectivity index (χ4n) is 3.89. The van der Waals surface area contributed by atoms with E-state index in [1.165, 1.54) is 6.33 Å². The number of fused-ring (bicyclic) bond motifs is 1. The second kappa shape index (κ2) is 7.82. The standard InChI is InChI=1S/C21H28N6O2/c1-13-7-9-27(20(29)15(10-22)17(28)21(2,3)4)11-16(13)26(5)19-14-6-8-23-18(14)24-12-25-19/h6,8,12-13,15-16H,7,9,11H2,1-5H3,(H,23,24,25)/t13-,15?,16+/m1/s1. The van der Waals surface area contributed by atoms with Crippen LogP contribution >= 0.6 is 0 Å². The van der Waals surface area contributed by atoms with E-state index in [0.717, 1.165) is 23.3 Å². The number of H-pyrrole nitrogens is 1. The molecule has 1 aliphatic rings. The summed E-state index contributed by atoms with van der Waals surface area (Å²) in [7, 11) is 1.96. The molecule has 8 heteroatoms. The van der Waals surface area contributed by atoms with Crippen molar-refractivity contribution < 1.29 is 9.59 Å². The maximum Gasteiger partial charge on any atom is 0.247 e. The van der Waals surface area contributed by atoms with Gasteiger partial charge >= 0.3 is 0 Å². The summed E-state index contributed by atoms with van der Waals surface area (Å²) in [6.45, 7) is 8.35. The first-order valence-corrected chi connectivity index (χ1v) is 9.88. The lowest BCUT2D eigenvalue weighted by molar-refractivity contribution is -0.143. The molecule has 1 unspecified atom stereocenters. The van der Waals surface area contributed by atoms with Gasteiger partial charge in [-0.3, -0.25) is 9.59 Å². The van der Waals surface area contributed by atoms with Crippen LogP contribution in [0, 0.1) is 28.6 Å². The molecule has 1 aliphatic heterocycles. The van der Waals surface area contributed by atoms with Crippen molar-refractivity contribution in [3.63, 3.8) is 0 Å². The number of carbonyl (C=O) groups excluding carboxylic acids is 2. The number of carbonyl (C=O) groups is 2. The number of piperidine rings is 1. The van der Waals surface area contributed by atoms with Crippen LogP contribution < -0.4 is 4.90 Å². The van der Waals surface area contributed by atoms with Crippen molar-refractivity contribution >= 4 is 28.5 Å². The van der Waals surface area contributed by atoms with E-state index in [1.807, 2.05) is 25.4 Å². The van der Waals surface area contributed by atoms with Crippen LogP contribution in [-0.4, -0.2) is 57.7 Å². The molecule has 0 saturated carbocycles. The number of aromatic nitrogens is 3. The first-order chi connectivity index (χ1) is 13.6. The van der Waals surface area contributed by atoms with Gasteiger partial charge in [0.05, 0.1) is 17.5 Å². The third-order valence-electron chi connectivity index (χ3n) is 5.77. The summed E-state index contributed by atoms with van der Waals surface area (Å²) in [5.74, 6) is -0.868. The normalized spacial score (nSPS) is 20.9. The molecule has 29 heavy (non-hydrogen) atoms. The van der Waals surface area contributed by atoms with Gasteiger partial charge in [-0.2, -0.15) is 5.26 Å². The van der Waals surface area contributed by atoms with Crippen LogP contribution in [0.25, 0.3) is 11.0 Å².